The zero-order valence-electron chi connectivity index (χ0n) is 11.1. The first-order chi connectivity index (χ1) is 8.63. The maximum absolute atomic E-state index is 5.24. The summed E-state index contributed by atoms with van der Waals surface area (Å²) in [5, 5.41) is 2.09. The van der Waals surface area contributed by atoms with Gasteiger partial charge in [-0.3, -0.25) is 0 Å². The average molecular weight is 263 g/mol. The summed E-state index contributed by atoms with van der Waals surface area (Å²) in [6.45, 7) is 0.737. The Kier molecular flexibility index (Phi) is 4.04. The van der Waals surface area contributed by atoms with Crippen molar-refractivity contribution in [2.45, 2.75) is 11.6 Å². The summed E-state index contributed by atoms with van der Waals surface area (Å²) in [7, 11) is 5.69. The Hall–Kier alpha value is -1.33. The van der Waals surface area contributed by atoms with Crippen molar-refractivity contribution in [2.24, 2.45) is 0 Å². The summed E-state index contributed by atoms with van der Waals surface area (Å²) in [6, 6.07) is 5.91. The number of hydrogen-bond donors (Lipinski definition) is 0. The maximum atomic E-state index is 5.24. The summed E-state index contributed by atoms with van der Waals surface area (Å²) in [6.07, 6.45) is 2.03. The van der Waals surface area contributed by atoms with Crippen molar-refractivity contribution in [1.82, 2.24) is 14.9 Å². The molecule has 0 bridgehead atoms. The molecule has 0 saturated carbocycles. The number of methoxy groups -OCH3 is 1. The molecular formula is C13H17N3OS. The summed E-state index contributed by atoms with van der Waals surface area (Å²) in [4.78, 5) is 11.2. The molecule has 2 aromatic rings. The summed E-state index contributed by atoms with van der Waals surface area (Å²) in [5.74, 6) is 1.66. The van der Waals surface area contributed by atoms with Gasteiger partial charge >= 0.3 is 0 Å². The lowest BCUT2D eigenvalue weighted by molar-refractivity contribution is 0.389. The summed E-state index contributed by atoms with van der Waals surface area (Å²) in [5.41, 5.74) is 0.936. The SMILES string of the molecule is COc1ccc2c(SC)nc(CN(C)C)nc2c1. The van der Waals surface area contributed by atoms with E-state index in [9.17, 15) is 0 Å². The summed E-state index contributed by atoms with van der Waals surface area (Å²) >= 11 is 1.64. The van der Waals surface area contributed by atoms with Crippen molar-refractivity contribution in [1.29, 1.82) is 0 Å². The van der Waals surface area contributed by atoms with Crippen molar-refractivity contribution in [3.8, 4) is 5.75 Å². The Balaban J connectivity index is 2.56. The first-order valence-electron chi connectivity index (χ1n) is 5.67. The van der Waals surface area contributed by atoms with Crippen molar-refractivity contribution >= 4 is 22.7 Å². The van der Waals surface area contributed by atoms with Gasteiger partial charge in [-0.2, -0.15) is 0 Å². The number of rotatable bonds is 4. The van der Waals surface area contributed by atoms with Crippen LogP contribution in [-0.2, 0) is 6.54 Å². The lowest BCUT2D eigenvalue weighted by Crippen LogP contribution is -2.13. The Morgan fingerprint density at radius 1 is 1.28 bits per heavy atom. The predicted octanol–water partition coefficient (Wildman–Crippen LogP) is 2.42. The minimum atomic E-state index is 0.737. The highest BCUT2D eigenvalue weighted by atomic mass is 32.2. The van der Waals surface area contributed by atoms with Crippen LogP contribution < -0.4 is 4.74 Å². The van der Waals surface area contributed by atoms with Crippen LogP contribution in [0, 0.1) is 0 Å². The van der Waals surface area contributed by atoms with Crippen LogP contribution in [0.1, 0.15) is 5.82 Å². The van der Waals surface area contributed by atoms with Crippen molar-refractivity contribution < 1.29 is 4.74 Å². The molecule has 0 aliphatic rings. The standard InChI is InChI=1S/C13H17N3OS/c1-16(2)8-12-14-11-7-9(17-3)5-6-10(11)13(15-12)18-4/h5-7H,8H2,1-4H3. The Labute approximate surface area is 111 Å². The lowest BCUT2D eigenvalue weighted by Gasteiger charge is -2.11. The normalized spacial score (nSPS) is 11.2. The van der Waals surface area contributed by atoms with E-state index in [4.69, 9.17) is 4.74 Å². The van der Waals surface area contributed by atoms with Gasteiger partial charge in [0, 0.05) is 11.5 Å². The van der Waals surface area contributed by atoms with Gasteiger partial charge in [0.15, 0.2) is 0 Å². The lowest BCUT2D eigenvalue weighted by atomic mass is 10.2. The Morgan fingerprint density at radius 2 is 2.06 bits per heavy atom. The van der Waals surface area contributed by atoms with E-state index in [0.29, 0.717) is 0 Å². The molecule has 0 saturated heterocycles. The van der Waals surface area contributed by atoms with Gasteiger partial charge < -0.3 is 9.64 Å². The fraction of sp³-hybridized carbons (Fsp3) is 0.385. The minimum absolute atomic E-state index is 0.737. The van der Waals surface area contributed by atoms with E-state index >= 15 is 0 Å². The number of thioether (sulfide) groups is 1. The van der Waals surface area contributed by atoms with Gasteiger partial charge in [0.1, 0.15) is 16.6 Å². The third kappa shape index (κ3) is 2.73. The molecule has 1 heterocycles. The average Bonchev–Trinajstić information content (AvgIpc) is 2.36. The number of hydrogen-bond acceptors (Lipinski definition) is 5. The van der Waals surface area contributed by atoms with Crippen LogP contribution >= 0.6 is 11.8 Å². The second-order valence-electron chi connectivity index (χ2n) is 4.27. The second-order valence-corrected chi connectivity index (χ2v) is 5.06. The molecule has 0 amide bonds. The van der Waals surface area contributed by atoms with Gasteiger partial charge in [-0.25, -0.2) is 9.97 Å². The van der Waals surface area contributed by atoms with E-state index in [0.717, 1.165) is 34.0 Å². The Bertz CT molecular complexity index is 557. The predicted molar refractivity (Wildman–Crippen MR) is 75.3 cm³/mol. The molecule has 1 aromatic carbocycles. The quantitative estimate of drug-likeness (QED) is 0.625. The van der Waals surface area contributed by atoms with Crippen LogP contribution in [0.25, 0.3) is 10.9 Å². The smallest absolute Gasteiger partial charge is 0.144 e. The molecule has 0 N–H and O–H groups in total. The molecule has 1 aromatic heterocycles. The number of fused-ring (bicyclic) bond motifs is 1. The first kappa shape index (κ1) is 13.1. The highest BCUT2D eigenvalue weighted by molar-refractivity contribution is 7.98. The molecule has 0 aliphatic heterocycles. The van der Waals surface area contributed by atoms with Crippen LogP contribution in [0.2, 0.25) is 0 Å². The molecule has 0 radical (unpaired) electrons. The van der Waals surface area contributed by atoms with Crippen molar-refractivity contribution in [3.05, 3.63) is 24.0 Å². The van der Waals surface area contributed by atoms with Gasteiger partial charge in [0.25, 0.3) is 0 Å². The van der Waals surface area contributed by atoms with E-state index in [-0.39, 0.29) is 0 Å². The van der Waals surface area contributed by atoms with Crippen LogP contribution in [0.3, 0.4) is 0 Å². The Morgan fingerprint density at radius 3 is 2.67 bits per heavy atom. The molecule has 0 fully saturated rings. The molecule has 2 rings (SSSR count). The number of ether oxygens (including phenoxy) is 1. The third-order valence-corrected chi connectivity index (χ3v) is 3.26. The van der Waals surface area contributed by atoms with E-state index in [2.05, 4.69) is 14.9 Å². The van der Waals surface area contributed by atoms with Crippen molar-refractivity contribution in [2.75, 3.05) is 27.5 Å². The molecule has 0 unspecified atom stereocenters. The highest BCUT2D eigenvalue weighted by Crippen LogP contribution is 2.26. The zero-order valence-corrected chi connectivity index (χ0v) is 11.9. The number of aromatic nitrogens is 2. The van der Waals surface area contributed by atoms with Gasteiger partial charge in [-0.15, -0.1) is 11.8 Å². The van der Waals surface area contributed by atoms with Gasteiger partial charge in [0.05, 0.1) is 19.2 Å². The highest BCUT2D eigenvalue weighted by Gasteiger charge is 2.08. The van der Waals surface area contributed by atoms with Gasteiger partial charge in [-0.05, 0) is 32.5 Å². The molecule has 0 aliphatic carbocycles. The molecular weight excluding hydrogens is 246 g/mol. The monoisotopic (exact) mass is 263 g/mol. The fourth-order valence-corrected chi connectivity index (χ4v) is 2.35. The van der Waals surface area contributed by atoms with Crippen molar-refractivity contribution in [3.63, 3.8) is 0 Å². The van der Waals surface area contributed by atoms with Gasteiger partial charge in [0.2, 0.25) is 0 Å². The largest absolute Gasteiger partial charge is 0.497 e. The summed E-state index contributed by atoms with van der Waals surface area (Å²) < 4.78 is 5.24. The molecule has 4 nitrogen and oxygen atoms in total. The molecule has 0 spiro atoms. The van der Waals surface area contributed by atoms with Crippen LogP contribution in [0.15, 0.2) is 23.2 Å². The van der Waals surface area contributed by atoms with Crippen LogP contribution in [-0.4, -0.2) is 42.3 Å². The molecule has 18 heavy (non-hydrogen) atoms. The molecule has 0 atom stereocenters. The van der Waals surface area contributed by atoms with Crippen LogP contribution in [0.5, 0.6) is 5.75 Å². The van der Waals surface area contributed by atoms with Gasteiger partial charge in [-0.1, -0.05) is 0 Å². The van der Waals surface area contributed by atoms with E-state index < -0.39 is 0 Å². The first-order valence-corrected chi connectivity index (χ1v) is 6.90. The number of nitrogens with zero attached hydrogens (tertiary/aromatic N) is 3. The fourth-order valence-electron chi connectivity index (χ4n) is 1.76. The van der Waals surface area contributed by atoms with E-state index in [1.54, 1.807) is 18.9 Å². The minimum Gasteiger partial charge on any atom is -0.497 e. The number of benzene rings is 1. The van der Waals surface area contributed by atoms with E-state index in [1.165, 1.54) is 0 Å². The van der Waals surface area contributed by atoms with E-state index in [1.807, 2.05) is 38.6 Å². The molecule has 5 heteroatoms. The molecule has 96 valence electrons. The third-order valence-electron chi connectivity index (χ3n) is 2.57. The van der Waals surface area contributed by atoms with Crippen LogP contribution in [0.4, 0.5) is 0 Å². The second kappa shape index (κ2) is 5.54. The zero-order chi connectivity index (χ0) is 13.1. The topological polar surface area (TPSA) is 38.2 Å². The maximum Gasteiger partial charge on any atom is 0.144 e.